The molecule has 100 valence electrons. The summed E-state index contributed by atoms with van der Waals surface area (Å²) >= 11 is 6.77. The Bertz CT molecular complexity index is 591. The van der Waals surface area contributed by atoms with Crippen LogP contribution in [0.5, 0.6) is 11.5 Å². The average Bonchev–Trinajstić information content (AvgIpc) is 2.39. The van der Waals surface area contributed by atoms with Gasteiger partial charge in [0, 0.05) is 28.8 Å². The molecule has 19 heavy (non-hydrogen) atoms. The third-order valence-corrected chi connectivity index (χ3v) is 3.58. The van der Waals surface area contributed by atoms with Gasteiger partial charge < -0.3 is 15.2 Å². The Morgan fingerprint density at radius 3 is 2.74 bits per heavy atom. The molecule has 0 saturated carbocycles. The molecular formula is C13H12Br2N2O2. The molecular weight excluding hydrogens is 376 g/mol. The molecule has 0 radical (unpaired) electrons. The second-order valence-electron chi connectivity index (χ2n) is 3.83. The van der Waals surface area contributed by atoms with Crippen molar-refractivity contribution in [2.24, 2.45) is 0 Å². The normalized spacial score (nSPS) is 10.3. The summed E-state index contributed by atoms with van der Waals surface area (Å²) < 4.78 is 6.80. The summed E-state index contributed by atoms with van der Waals surface area (Å²) in [7, 11) is 1.57. The molecule has 0 aliphatic rings. The number of benzene rings is 1. The number of rotatable bonds is 4. The minimum Gasteiger partial charge on any atom is -0.507 e. The van der Waals surface area contributed by atoms with E-state index in [0.717, 1.165) is 20.3 Å². The van der Waals surface area contributed by atoms with Crippen molar-refractivity contribution in [2.45, 2.75) is 6.54 Å². The third-order valence-electron chi connectivity index (χ3n) is 2.55. The van der Waals surface area contributed by atoms with Crippen molar-refractivity contribution in [3.05, 3.63) is 45.0 Å². The first kappa shape index (κ1) is 14.1. The van der Waals surface area contributed by atoms with Crippen molar-refractivity contribution in [1.29, 1.82) is 0 Å². The summed E-state index contributed by atoms with van der Waals surface area (Å²) in [5, 5.41) is 13.0. The minimum atomic E-state index is 0.195. The van der Waals surface area contributed by atoms with Crippen LogP contribution in [-0.2, 0) is 6.54 Å². The van der Waals surface area contributed by atoms with Crippen molar-refractivity contribution < 1.29 is 9.84 Å². The van der Waals surface area contributed by atoms with Gasteiger partial charge in [0.2, 0.25) is 0 Å². The van der Waals surface area contributed by atoms with Gasteiger partial charge in [-0.15, -0.1) is 0 Å². The quantitative estimate of drug-likeness (QED) is 0.834. The lowest BCUT2D eigenvalue weighted by Crippen LogP contribution is -2.02. The molecule has 0 unspecified atom stereocenters. The number of ether oxygens (including phenoxy) is 1. The van der Waals surface area contributed by atoms with Crippen LogP contribution in [0.15, 0.2) is 39.4 Å². The minimum absolute atomic E-state index is 0.195. The number of halogens is 2. The summed E-state index contributed by atoms with van der Waals surface area (Å²) in [6, 6.07) is 7.11. The number of nitrogens with zero attached hydrogens (tertiary/aromatic N) is 1. The first-order valence-electron chi connectivity index (χ1n) is 5.51. The second kappa shape index (κ2) is 6.25. The van der Waals surface area contributed by atoms with Crippen molar-refractivity contribution in [2.75, 3.05) is 12.4 Å². The highest BCUT2D eigenvalue weighted by Crippen LogP contribution is 2.26. The molecule has 1 heterocycles. The highest BCUT2D eigenvalue weighted by atomic mass is 79.9. The van der Waals surface area contributed by atoms with E-state index in [1.807, 2.05) is 12.1 Å². The molecule has 0 atom stereocenters. The standard InChI is InChI=1S/C13H12Br2N2O2/c1-19-10-3-2-8(12(18)5-10)6-16-13-11(15)4-9(14)7-17-13/h2-5,7,18H,6H2,1H3,(H,16,17). The van der Waals surface area contributed by atoms with E-state index < -0.39 is 0 Å². The van der Waals surface area contributed by atoms with Crippen molar-refractivity contribution >= 4 is 37.7 Å². The average molecular weight is 388 g/mol. The largest absolute Gasteiger partial charge is 0.507 e. The molecule has 1 aromatic carbocycles. The lowest BCUT2D eigenvalue weighted by molar-refractivity contribution is 0.406. The van der Waals surface area contributed by atoms with Crippen LogP contribution in [0.2, 0.25) is 0 Å². The van der Waals surface area contributed by atoms with E-state index in [1.54, 1.807) is 25.4 Å². The van der Waals surface area contributed by atoms with Gasteiger partial charge in [0.1, 0.15) is 17.3 Å². The summed E-state index contributed by atoms with van der Waals surface area (Å²) in [6.07, 6.45) is 1.71. The molecule has 0 saturated heterocycles. The van der Waals surface area contributed by atoms with E-state index in [4.69, 9.17) is 4.74 Å². The third kappa shape index (κ3) is 3.61. The molecule has 4 nitrogen and oxygen atoms in total. The van der Waals surface area contributed by atoms with Crippen LogP contribution in [-0.4, -0.2) is 17.2 Å². The number of aromatic hydroxyl groups is 1. The van der Waals surface area contributed by atoms with Crippen LogP contribution in [0, 0.1) is 0 Å². The molecule has 0 fully saturated rings. The zero-order valence-corrected chi connectivity index (χ0v) is 13.3. The first-order valence-corrected chi connectivity index (χ1v) is 7.09. The lowest BCUT2D eigenvalue weighted by Gasteiger charge is -2.10. The van der Waals surface area contributed by atoms with Gasteiger partial charge in [0.25, 0.3) is 0 Å². The van der Waals surface area contributed by atoms with Crippen molar-refractivity contribution in [3.63, 3.8) is 0 Å². The number of pyridine rings is 1. The lowest BCUT2D eigenvalue weighted by atomic mass is 10.2. The van der Waals surface area contributed by atoms with Gasteiger partial charge in [0.05, 0.1) is 11.6 Å². The van der Waals surface area contributed by atoms with Gasteiger partial charge in [-0.05, 0) is 50.1 Å². The smallest absolute Gasteiger partial charge is 0.140 e. The molecule has 0 aliphatic heterocycles. The number of hydrogen-bond donors (Lipinski definition) is 2. The molecule has 0 spiro atoms. The maximum Gasteiger partial charge on any atom is 0.140 e. The molecule has 1 aromatic heterocycles. The molecule has 0 bridgehead atoms. The van der Waals surface area contributed by atoms with Crippen LogP contribution in [0.3, 0.4) is 0 Å². The van der Waals surface area contributed by atoms with Crippen LogP contribution in [0.4, 0.5) is 5.82 Å². The maximum absolute atomic E-state index is 9.85. The monoisotopic (exact) mass is 386 g/mol. The fourth-order valence-corrected chi connectivity index (χ4v) is 2.67. The predicted octanol–water partition coefficient (Wildman–Crippen LogP) is 3.93. The summed E-state index contributed by atoms with van der Waals surface area (Å²) in [5.41, 5.74) is 0.775. The predicted molar refractivity (Wildman–Crippen MR) is 81.6 cm³/mol. The Balaban J connectivity index is 2.10. The summed E-state index contributed by atoms with van der Waals surface area (Å²) in [6.45, 7) is 0.475. The van der Waals surface area contributed by atoms with Gasteiger partial charge in [-0.1, -0.05) is 0 Å². The Hall–Kier alpha value is -1.27. The summed E-state index contributed by atoms with van der Waals surface area (Å²) in [5.74, 6) is 1.54. The second-order valence-corrected chi connectivity index (χ2v) is 5.60. The van der Waals surface area contributed by atoms with E-state index in [2.05, 4.69) is 42.2 Å². The highest BCUT2D eigenvalue weighted by molar-refractivity contribution is 9.11. The van der Waals surface area contributed by atoms with Gasteiger partial charge in [-0.3, -0.25) is 0 Å². The van der Waals surface area contributed by atoms with Gasteiger partial charge >= 0.3 is 0 Å². The first-order chi connectivity index (χ1) is 9.10. The molecule has 0 amide bonds. The zero-order chi connectivity index (χ0) is 13.8. The van der Waals surface area contributed by atoms with E-state index >= 15 is 0 Å². The van der Waals surface area contributed by atoms with E-state index in [1.165, 1.54) is 0 Å². The molecule has 2 N–H and O–H groups in total. The fraction of sp³-hybridized carbons (Fsp3) is 0.154. The number of nitrogens with one attached hydrogen (secondary N) is 1. The fourth-order valence-electron chi connectivity index (χ4n) is 1.54. The van der Waals surface area contributed by atoms with Crippen LogP contribution < -0.4 is 10.1 Å². The Morgan fingerprint density at radius 1 is 1.32 bits per heavy atom. The number of phenols is 1. The molecule has 2 aromatic rings. The SMILES string of the molecule is COc1ccc(CNc2ncc(Br)cc2Br)c(O)c1. The Kier molecular flexibility index (Phi) is 4.66. The maximum atomic E-state index is 9.85. The molecule has 0 aliphatic carbocycles. The zero-order valence-electron chi connectivity index (χ0n) is 10.2. The van der Waals surface area contributed by atoms with E-state index in [-0.39, 0.29) is 5.75 Å². The van der Waals surface area contributed by atoms with Crippen molar-refractivity contribution in [1.82, 2.24) is 4.98 Å². The number of aromatic nitrogens is 1. The Morgan fingerprint density at radius 2 is 2.11 bits per heavy atom. The topological polar surface area (TPSA) is 54.4 Å². The van der Waals surface area contributed by atoms with Crippen LogP contribution in [0.1, 0.15) is 5.56 Å². The van der Waals surface area contributed by atoms with Crippen molar-refractivity contribution in [3.8, 4) is 11.5 Å². The van der Waals surface area contributed by atoms with Gasteiger partial charge in [-0.25, -0.2) is 4.98 Å². The van der Waals surface area contributed by atoms with Gasteiger partial charge in [0.15, 0.2) is 0 Å². The number of methoxy groups -OCH3 is 1. The Labute approximate surface area is 128 Å². The number of hydrogen-bond acceptors (Lipinski definition) is 4. The molecule has 2 rings (SSSR count). The number of phenolic OH excluding ortho intramolecular Hbond substituents is 1. The van der Waals surface area contributed by atoms with Crippen LogP contribution in [0.25, 0.3) is 0 Å². The van der Waals surface area contributed by atoms with E-state index in [9.17, 15) is 5.11 Å². The number of anilines is 1. The van der Waals surface area contributed by atoms with E-state index in [0.29, 0.717) is 12.3 Å². The summed E-state index contributed by atoms with van der Waals surface area (Å²) in [4.78, 5) is 4.25. The van der Waals surface area contributed by atoms with Gasteiger partial charge in [-0.2, -0.15) is 0 Å². The molecule has 6 heteroatoms. The van der Waals surface area contributed by atoms with Crippen LogP contribution >= 0.6 is 31.9 Å². The highest BCUT2D eigenvalue weighted by Gasteiger charge is 2.06.